The van der Waals surface area contributed by atoms with Crippen molar-refractivity contribution >= 4 is 23.1 Å². The molecule has 0 spiro atoms. The zero-order valence-corrected chi connectivity index (χ0v) is 15.1. The molecular weight excluding hydrogens is 348 g/mol. The third-order valence-electron chi connectivity index (χ3n) is 4.48. The van der Waals surface area contributed by atoms with E-state index in [9.17, 15) is 10.2 Å². The van der Waals surface area contributed by atoms with Gasteiger partial charge in [0.1, 0.15) is 11.5 Å². The molecule has 132 valence electrons. The van der Waals surface area contributed by atoms with E-state index in [1.54, 1.807) is 10.6 Å². The summed E-state index contributed by atoms with van der Waals surface area (Å²) in [5, 5.41) is 28.7. The number of phenolic OH excluding ortho intramolecular Hbond substituents is 2. The average Bonchev–Trinajstić information content (AvgIpc) is 3.20. The summed E-state index contributed by atoms with van der Waals surface area (Å²) in [6.07, 6.45) is 1.88. The van der Waals surface area contributed by atoms with Crippen LogP contribution in [-0.4, -0.2) is 30.0 Å². The predicted octanol–water partition coefficient (Wildman–Crippen LogP) is 4.61. The van der Waals surface area contributed by atoms with Gasteiger partial charge in [-0.15, -0.1) is 0 Å². The number of aromatic hydroxyl groups is 2. The van der Waals surface area contributed by atoms with Crippen LogP contribution in [0.15, 0.2) is 42.6 Å². The van der Waals surface area contributed by atoms with Crippen molar-refractivity contribution in [1.29, 1.82) is 0 Å². The standard InChI is InChI=1S/C19H18N4O2S/c1-10(2)13-8-14(17(25)9-16(13)24)18-21-22-19(26)23(18)12-3-4-15-11(7-12)5-6-20-15/h3-10,20,24-25H,1-2H3,(H,22,26). The second-order valence-corrected chi connectivity index (χ2v) is 6.91. The van der Waals surface area contributed by atoms with E-state index in [4.69, 9.17) is 12.2 Å². The summed E-state index contributed by atoms with van der Waals surface area (Å²) in [5.74, 6) is 0.603. The number of hydrogen-bond donors (Lipinski definition) is 4. The summed E-state index contributed by atoms with van der Waals surface area (Å²) in [6.45, 7) is 3.96. The molecule has 0 amide bonds. The number of phenols is 2. The van der Waals surface area contributed by atoms with Crippen LogP contribution >= 0.6 is 12.2 Å². The van der Waals surface area contributed by atoms with Gasteiger partial charge in [0.25, 0.3) is 0 Å². The van der Waals surface area contributed by atoms with Crippen LogP contribution in [0.5, 0.6) is 11.5 Å². The molecule has 4 aromatic rings. The minimum absolute atomic E-state index is 0.0510. The monoisotopic (exact) mass is 366 g/mol. The van der Waals surface area contributed by atoms with Crippen molar-refractivity contribution < 1.29 is 10.2 Å². The van der Waals surface area contributed by atoms with Gasteiger partial charge in [-0.1, -0.05) is 13.8 Å². The van der Waals surface area contributed by atoms with Crippen LogP contribution in [0.1, 0.15) is 25.3 Å². The van der Waals surface area contributed by atoms with E-state index in [0.717, 1.165) is 22.2 Å². The van der Waals surface area contributed by atoms with Gasteiger partial charge in [-0.3, -0.25) is 9.67 Å². The number of rotatable bonds is 3. The minimum atomic E-state index is -0.0510. The van der Waals surface area contributed by atoms with Crippen molar-refractivity contribution in [2.75, 3.05) is 0 Å². The Bertz CT molecular complexity index is 1170. The molecule has 4 rings (SSSR count). The number of nitrogens with one attached hydrogen (secondary N) is 2. The molecule has 0 radical (unpaired) electrons. The van der Waals surface area contributed by atoms with Crippen molar-refractivity contribution in [3.05, 3.63) is 52.9 Å². The van der Waals surface area contributed by atoms with Crippen molar-refractivity contribution in [3.63, 3.8) is 0 Å². The Labute approximate surface area is 154 Å². The zero-order chi connectivity index (χ0) is 18.4. The Morgan fingerprint density at radius 3 is 2.65 bits per heavy atom. The zero-order valence-electron chi connectivity index (χ0n) is 14.3. The predicted molar refractivity (Wildman–Crippen MR) is 103 cm³/mol. The molecule has 7 heteroatoms. The maximum absolute atomic E-state index is 10.4. The molecule has 0 fully saturated rings. The average molecular weight is 366 g/mol. The number of aromatic nitrogens is 4. The summed E-state index contributed by atoms with van der Waals surface area (Å²) in [7, 11) is 0. The lowest BCUT2D eigenvalue weighted by atomic mass is 9.98. The van der Waals surface area contributed by atoms with E-state index in [1.807, 2.05) is 44.3 Å². The van der Waals surface area contributed by atoms with Crippen LogP contribution in [0.25, 0.3) is 28.0 Å². The maximum atomic E-state index is 10.4. The smallest absolute Gasteiger partial charge is 0.200 e. The lowest BCUT2D eigenvalue weighted by Gasteiger charge is -2.13. The summed E-state index contributed by atoms with van der Waals surface area (Å²) in [4.78, 5) is 3.16. The molecule has 6 nitrogen and oxygen atoms in total. The second kappa shape index (κ2) is 6.03. The lowest BCUT2D eigenvalue weighted by Crippen LogP contribution is -1.99. The highest BCUT2D eigenvalue weighted by Gasteiger charge is 2.18. The third-order valence-corrected chi connectivity index (χ3v) is 4.75. The molecule has 4 N–H and O–H groups in total. The number of nitrogens with zero attached hydrogens (tertiary/aromatic N) is 2. The molecule has 2 heterocycles. The second-order valence-electron chi connectivity index (χ2n) is 6.52. The fourth-order valence-corrected chi connectivity index (χ4v) is 3.37. The van der Waals surface area contributed by atoms with Crippen LogP contribution in [0, 0.1) is 4.77 Å². The highest BCUT2D eigenvalue weighted by Crippen LogP contribution is 2.38. The van der Waals surface area contributed by atoms with Gasteiger partial charge in [-0.2, -0.15) is 5.10 Å². The van der Waals surface area contributed by atoms with Gasteiger partial charge in [0.2, 0.25) is 0 Å². The molecular formula is C19H18N4O2S. The van der Waals surface area contributed by atoms with Gasteiger partial charge >= 0.3 is 0 Å². The van der Waals surface area contributed by atoms with E-state index in [0.29, 0.717) is 16.2 Å². The van der Waals surface area contributed by atoms with Gasteiger partial charge in [-0.25, -0.2) is 0 Å². The van der Waals surface area contributed by atoms with Gasteiger partial charge in [0.05, 0.1) is 11.3 Å². The van der Waals surface area contributed by atoms with Crippen molar-refractivity contribution in [3.8, 4) is 28.6 Å². The fourth-order valence-electron chi connectivity index (χ4n) is 3.13. The molecule has 26 heavy (non-hydrogen) atoms. The van der Waals surface area contributed by atoms with Gasteiger partial charge in [-0.05, 0) is 54.0 Å². The number of fused-ring (bicyclic) bond motifs is 1. The van der Waals surface area contributed by atoms with Gasteiger partial charge in [0, 0.05) is 23.2 Å². The molecule has 0 saturated heterocycles. The Morgan fingerprint density at radius 2 is 1.88 bits per heavy atom. The summed E-state index contributed by atoms with van der Waals surface area (Å²) in [5.41, 5.74) is 3.11. The van der Waals surface area contributed by atoms with E-state index < -0.39 is 0 Å². The van der Waals surface area contributed by atoms with E-state index in [1.165, 1.54) is 6.07 Å². The molecule has 0 aliphatic rings. The first-order valence-electron chi connectivity index (χ1n) is 8.27. The van der Waals surface area contributed by atoms with E-state index in [2.05, 4.69) is 15.2 Å². The third kappa shape index (κ3) is 2.57. The molecule has 0 aliphatic carbocycles. The molecule has 0 atom stereocenters. The van der Waals surface area contributed by atoms with Crippen LogP contribution in [0.4, 0.5) is 0 Å². The van der Waals surface area contributed by atoms with Crippen LogP contribution in [-0.2, 0) is 0 Å². The van der Waals surface area contributed by atoms with Crippen LogP contribution in [0.3, 0.4) is 0 Å². The number of H-pyrrole nitrogens is 2. The minimum Gasteiger partial charge on any atom is -0.508 e. The molecule has 0 unspecified atom stereocenters. The van der Waals surface area contributed by atoms with E-state index >= 15 is 0 Å². The first kappa shape index (κ1) is 16.4. The molecule has 0 saturated carbocycles. The quantitative estimate of drug-likeness (QED) is 0.399. The summed E-state index contributed by atoms with van der Waals surface area (Å²) >= 11 is 5.42. The van der Waals surface area contributed by atoms with Gasteiger partial charge < -0.3 is 15.2 Å². The number of aromatic amines is 2. The summed E-state index contributed by atoms with van der Waals surface area (Å²) in [6, 6.07) is 11.0. The van der Waals surface area contributed by atoms with E-state index in [-0.39, 0.29) is 17.4 Å². The van der Waals surface area contributed by atoms with Gasteiger partial charge in [0.15, 0.2) is 10.6 Å². The Balaban J connectivity index is 1.95. The number of benzene rings is 2. The first-order valence-corrected chi connectivity index (χ1v) is 8.67. The molecule has 2 aromatic heterocycles. The molecule has 0 aliphatic heterocycles. The highest BCUT2D eigenvalue weighted by atomic mass is 32.1. The first-order chi connectivity index (χ1) is 12.5. The SMILES string of the molecule is CC(C)c1cc(-c2n[nH]c(=S)n2-c2ccc3[nH]ccc3c2)c(O)cc1O. The largest absolute Gasteiger partial charge is 0.508 e. The summed E-state index contributed by atoms with van der Waals surface area (Å²) < 4.78 is 2.20. The molecule has 2 aromatic carbocycles. The van der Waals surface area contributed by atoms with Crippen molar-refractivity contribution in [2.24, 2.45) is 0 Å². The fraction of sp³-hybridized carbons (Fsp3) is 0.158. The Kier molecular flexibility index (Phi) is 3.81. The normalized spacial score (nSPS) is 11.5. The Morgan fingerprint density at radius 1 is 1.08 bits per heavy atom. The Hall–Kier alpha value is -3.06. The number of hydrogen-bond acceptors (Lipinski definition) is 4. The highest BCUT2D eigenvalue weighted by molar-refractivity contribution is 7.71. The molecule has 0 bridgehead atoms. The lowest BCUT2D eigenvalue weighted by molar-refractivity contribution is 0.444. The van der Waals surface area contributed by atoms with Crippen LogP contribution < -0.4 is 0 Å². The topological polar surface area (TPSA) is 89.9 Å². The van der Waals surface area contributed by atoms with Crippen LogP contribution in [0.2, 0.25) is 0 Å². The van der Waals surface area contributed by atoms with Crippen molar-refractivity contribution in [2.45, 2.75) is 19.8 Å². The maximum Gasteiger partial charge on any atom is 0.200 e. The van der Waals surface area contributed by atoms with Crippen molar-refractivity contribution in [1.82, 2.24) is 19.7 Å².